The number of hydrogen-bond donors (Lipinski definition) is 0. The number of rotatable bonds is 6. The minimum Gasteiger partial charge on any atom is -0.0718 e. The summed E-state index contributed by atoms with van der Waals surface area (Å²) in [5, 5.41) is 0. The number of allylic oxidation sites excluding steroid dienone is 12. The lowest BCUT2D eigenvalue weighted by atomic mass is 9.82. The molecule has 0 bridgehead atoms. The van der Waals surface area contributed by atoms with E-state index in [2.05, 4.69) is 102 Å². The predicted molar refractivity (Wildman–Crippen MR) is 125 cm³/mol. The number of hydrogen-bond acceptors (Lipinski definition) is 0. The van der Waals surface area contributed by atoms with E-state index in [0.29, 0.717) is 0 Å². The Kier molecular flexibility index (Phi) is 7.94. The fraction of sp³-hybridized carbons (Fsp3) is 0.500. The van der Waals surface area contributed by atoms with E-state index >= 15 is 0 Å². The third kappa shape index (κ3) is 6.87. The molecule has 0 fully saturated rings. The molecule has 0 nitrogen and oxygen atoms in total. The van der Waals surface area contributed by atoms with Gasteiger partial charge in [-0.3, -0.25) is 0 Å². The highest BCUT2D eigenvalue weighted by molar-refractivity contribution is 5.52. The van der Waals surface area contributed by atoms with Crippen LogP contribution < -0.4 is 0 Å². The molecule has 2 aliphatic rings. The van der Waals surface area contributed by atoms with Gasteiger partial charge in [0.1, 0.15) is 0 Å². The van der Waals surface area contributed by atoms with Gasteiger partial charge in [0.2, 0.25) is 0 Å². The molecule has 0 heterocycles. The van der Waals surface area contributed by atoms with Crippen LogP contribution in [-0.4, -0.2) is 0 Å². The second-order valence-electron chi connectivity index (χ2n) is 9.11. The lowest BCUT2D eigenvalue weighted by Gasteiger charge is -2.22. The highest BCUT2D eigenvalue weighted by atomic mass is 14.3. The van der Waals surface area contributed by atoms with Crippen molar-refractivity contribution < 1.29 is 0 Å². The summed E-state index contributed by atoms with van der Waals surface area (Å²) < 4.78 is 0. The molecular formula is C28H38. The Hall–Kier alpha value is -2.00. The average Bonchev–Trinajstić information content (AvgIpc) is 2.88. The highest BCUT2D eigenvalue weighted by Crippen LogP contribution is 2.34. The van der Waals surface area contributed by atoms with Crippen LogP contribution in [0.25, 0.3) is 0 Å². The third-order valence-electron chi connectivity index (χ3n) is 5.63. The van der Waals surface area contributed by atoms with Gasteiger partial charge in [0.25, 0.3) is 0 Å². The largest absolute Gasteiger partial charge is 0.0718 e. The van der Waals surface area contributed by atoms with Crippen molar-refractivity contribution in [1.29, 1.82) is 0 Å². The van der Waals surface area contributed by atoms with Crippen molar-refractivity contribution in [3.63, 3.8) is 0 Å². The van der Waals surface area contributed by atoms with Crippen LogP contribution in [-0.2, 0) is 0 Å². The molecule has 0 heteroatoms. The van der Waals surface area contributed by atoms with Gasteiger partial charge in [-0.05, 0) is 38.8 Å². The fourth-order valence-corrected chi connectivity index (χ4v) is 4.17. The van der Waals surface area contributed by atoms with E-state index in [1.807, 2.05) is 0 Å². The van der Waals surface area contributed by atoms with Gasteiger partial charge in [0.05, 0.1) is 0 Å². The molecular weight excluding hydrogens is 336 g/mol. The molecule has 0 spiro atoms. The maximum atomic E-state index is 3.47. The normalized spacial score (nSPS) is 26.9. The van der Waals surface area contributed by atoms with Gasteiger partial charge >= 0.3 is 0 Å². The first-order valence-electron chi connectivity index (χ1n) is 11.0. The molecule has 150 valence electrons. The van der Waals surface area contributed by atoms with Crippen LogP contribution in [0.15, 0.2) is 70.9 Å². The summed E-state index contributed by atoms with van der Waals surface area (Å²) in [4.78, 5) is 0. The topological polar surface area (TPSA) is 0 Å². The van der Waals surface area contributed by atoms with E-state index < -0.39 is 0 Å². The first-order valence-corrected chi connectivity index (χ1v) is 11.0. The third-order valence-corrected chi connectivity index (χ3v) is 5.63. The fourth-order valence-electron chi connectivity index (χ4n) is 4.17. The molecule has 2 aliphatic carbocycles. The standard InChI is InChI=1S/C28H38/c1-7-9-17-27(5)19-23(3)11-13-25(21-27)15-16-26-14-12-24(4)20-28(6,22-26)18-10-8-2/h11-14,19-22H,7-10,17-18H2,1-6H3. The molecule has 0 saturated heterocycles. The molecule has 28 heavy (non-hydrogen) atoms. The highest BCUT2D eigenvalue weighted by Gasteiger charge is 2.21. The molecule has 0 aromatic rings. The molecule has 0 aromatic heterocycles. The second-order valence-corrected chi connectivity index (χ2v) is 9.11. The van der Waals surface area contributed by atoms with Crippen LogP contribution >= 0.6 is 0 Å². The zero-order valence-electron chi connectivity index (χ0n) is 18.9. The van der Waals surface area contributed by atoms with Gasteiger partial charge in [-0.25, -0.2) is 0 Å². The molecule has 0 aliphatic heterocycles. The zero-order valence-corrected chi connectivity index (χ0v) is 18.9. The van der Waals surface area contributed by atoms with Gasteiger partial charge in [-0.15, -0.1) is 0 Å². The molecule has 2 unspecified atom stereocenters. The average molecular weight is 375 g/mol. The van der Waals surface area contributed by atoms with Gasteiger partial charge in [0.15, 0.2) is 0 Å². The van der Waals surface area contributed by atoms with Crippen molar-refractivity contribution in [3.05, 3.63) is 70.9 Å². The molecule has 0 radical (unpaired) electrons. The molecule has 0 N–H and O–H groups in total. The number of unbranched alkanes of at least 4 members (excludes halogenated alkanes) is 2. The maximum absolute atomic E-state index is 3.47. The van der Waals surface area contributed by atoms with Gasteiger partial charge in [-0.1, -0.05) is 113 Å². The van der Waals surface area contributed by atoms with Crippen LogP contribution in [0.5, 0.6) is 0 Å². The Bertz CT molecular complexity index is 731. The van der Waals surface area contributed by atoms with Crippen molar-refractivity contribution >= 4 is 0 Å². The predicted octanol–water partition coefficient (Wildman–Crippen LogP) is 8.27. The van der Waals surface area contributed by atoms with E-state index in [9.17, 15) is 0 Å². The first kappa shape index (κ1) is 22.3. The molecule has 2 atom stereocenters. The summed E-state index contributed by atoms with van der Waals surface area (Å²) in [6.07, 6.45) is 25.6. The lowest BCUT2D eigenvalue weighted by molar-refractivity contribution is 0.472. The molecule has 2 rings (SSSR count). The van der Waals surface area contributed by atoms with E-state index in [4.69, 9.17) is 0 Å². The van der Waals surface area contributed by atoms with Gasteiger partial charge in [-0.2, -0.15) is 0 Å². The summed E-state index contributed by atoms with van der Waals surface area (Å²) in [5.74, 6) is 6.94. The van der Waals surface area contributed by atoms with Crippen molar-refractivity contribution in [3.8, 4) is 11.8 Å². The van der Waals surface area contributed by atoms with Crippen molar-refractivity contribution in [2.75, 3.05) is 0 Å². The summed E-state index contributed by atoms with van der Waals surface area (Å²) in [6.45, 7) is 13.6. The Labute approximate surface area is 173 Å². The molecule has 0 aromatic carbocycles. The zero-order chi connectivity index (χ0) is 20.6. The van der Waals surface area contributed by atoms with Gasteiger partial charge in [0, 0.05) is 22.0 Å². The Balaban J connectivity index is 2.31. The van der Waals surface area contributed by atoms with E-state index in [0.717, 1.165) is 11.1 Å². The summed E-state index contributed by atoms with van der Waals surface area (Å²) in [5.41, 5.74) is 5.10. The SMILES string of the molecule is CCCCC1(C)C=C(C)C=CC(C#CC2=CC(C)(CCCC)C=C(C)C=C2)=C1. The minimum atomic E-state index is 0.0923. The van der Waals surface area contributed by atoms with E-state index in [-0.39, 0.29) is 10.8 Å². The maximum Gasteiger partial charge on any atom is 0.0217 e. The van der Waals surface area contributed by atoms with Crippen LogP contribution in [0.1, 0.15) is 80.1 Å². The lowest BCUT2D eigenvalue weighted by Crippen LogP contribution is -2.10. The van der Waals surface area contributed by atoms with Gasteiger partial charge < -0.3 is 0 Å². The molecule has 0 amide bonds. The Morgan fingerprint density at radius 3 is 1.39 bits per heavy atom. The smallest absolute Gasteiger partial charge is 0.0217 e. The van der Waals surface area contributed by atoms with Crippen molar-refractivity contribution in [1.82, 2.24) is 0 Å². The minimum absolute atomic E-state index is 0.0923. The van der Waals surface area contributed by atoms with Crippen LogP contribution in [0, 0.1) is 22.7 Å². The molecule has 0 saturated carbocycles. The van der Waals surface area contributed by atoms with Crippen molar-refractivity contribution in [2.45, 2.75) is 80.1 Å². The quantitative estimate of drug-likeness (QED) is 0.410. The summed E-state index contributed by atoms with van der Waals surface area (Å²) in [6, 6.07) is 0. The second kappa shape index (κ2) is 9.97. The Morgan fingerprint density at radius 2 is 1.04 bits per heavy atom. The van der Waals surface area contributed by atoms with Crippen molar-refractivity contribution in [2.24, 2.45) is 10.8 Å². The van der Waals surface area contributed by atoms with Crippen LogP contribution in [0.4, 0.5) is 0 Å². The van der Waals surface area contributed by atoms with Crippen LogP contribution in [0.3, 0.4) is 0 Å². The van der Waals surface area contributed by atoms with E-state index in [1.165, 1.54) is 49.7 Å². The van der Waals surface area contributed by atoms with E-state index in [1.54, 1.807) is 0 Å². The summed E-state index contributed by atoms with van der Waals surface area (Å²) >= 11 is 0. The first-order chi connectivity index (χ1) is 13.3. The Morgan fingerprint density at radius 1 is 0.643 bits per heavy atom. The summed E-state index contributed by atoms with van der Waals surface area (Å²) in [7, 11) is 0. The van der Waals surface area contributed by atoms with Crippen LogP contribution in [0.2, 0.25) is 0 Å². The monoisotopic (exact) mass is 374 g/mol.